The summed E-state index contributed by atoms with van der Waals surface area (Å²) in [6.45, 7) is 4.51. The van der Waals surface area contributed by atoms with Crippen LogP contribution in [0.1, 0.15) is 195 Å². The van der Waals surface area contributed by atoms with E-state index in [0.29, 0.717) is 86.8 Å². The van der Waals surface area contributed by atoms with Crippen molar-refractivity contribution in [3.63, 3.8) is 0 Å². The van der Waals surface area contributed by atoms with Crippen LogP contribution in [0.25, 0.3) is 43.1 Å². The van der Waals surface area contributed by atoms with Crippen LogP contribution in [0.2, 0.25) is 10.0 Å². The van der Waals surface area contributed by atoms with E-state index in [4.69, 9.17) is 23.2 Å². The van der Waals surface area contributed by atoms with Gasteiger partial charge in [-0.2, -0.15) is 0 Å². The first-order valence-corrected chi connectivity index (χ1v) is 26.5. The highest BCUT2D eigenvalue weighted by Gasteiger charge is 2.39. The number of anilines is 2. The van der Waals surface area contributed by atoms with E-state index in [1.54, 1.807) is 24.3 Å². The summed E-state index contributed by atoms with van der Waals surface area (Å²) < 4.78 is 0. The molecule has 7 aromatic rings. The lowest BCUT2D eigenvalue weighted by molar-refractivity contribution is 0.0877. The fraction of sp³-hybridized carbons (Fsp3) is 0.400. The van der Waals surface area contributed by atoms with Crippen LogP contribution in [0.4, 0.5) is 11.4 Å². The molecule has 0 spiro atoms. The van der Waals surface area contributed by atoms with Gasteiger partial charge in [-0.05, 0) is 96.1 Å². The van der Waals surface area contributed by atoms with Crippen molar-refractivity contribution >= 4 is 101 Å². The van der Waals surface area contributed by atoms with E-state index >= 15 is 0 Å². The highest BCUT2D eigenvalue weighted by Crippen LogP contribution is 2.51. The second kappa shape index (κ2) is 21.6. The van der Waals surface area contributed by atoms with E-state index in [9.17, 15) is 19.2 Å². The van der Waals surface area contributed by atoms with Crippen molar-refractivity contribution in [1.82, 2.24) is 0 Å². The topological polar surface area (TPSA) is 74.8 Å². The van der Waals surface area contributed by atoms with Crippen LogP contribution in [0.3, 0.4) is 0 Å². The van der Waals surface area contributed by atoms with Gasteiger partial charge in [-0.1, -0.05) is 189 Å². The van der Waals surface area contributed by atoms with Crippen LogP contribution in [0, 0.1) is 0 Å². The smallest absolute Gasteiger partial charge is 0.266 e. The van der Waals surface area contributed by atoms with Gasteiger partial charge in [0.2, 0.25) is 0 Å². The fourth-order valence-electron chi connectivity index (χ4n) is 11.1. The first-order chi connectivity index (χ1) is 33.2. The Bertz CT molecular complexity index is 2790. The number of hydrogen-bond donors (Lipinski definition) is 0. The van der Waals surface area contributed by atoms with Crippen molar-refractivity contribution in [2.45, 2.75) is 155 Å². The Hall–Kier alpha value is -5.30. The molecule has 0 atom stereocenters. The Labute approximate surface area is 411 Å². The molecular weight excluding hydrogens is 884 g/mol. The minimum Gasteiger partial charge on any atom is -0.268 e. The third-order valence-electron chi connectivity index (χ3n) is 14.8. The van der Waals surface area contributed by atoms with Gasteiger partial charge in [-0.15, -0.1) is 0 Å². The monoisotopic (exact) mass is 946 g/mol. The molecule has 0 aliphatic carbocycles. The number of imide groups is 2. The first-order valence-electron chi connectivity index (χ1n) is 25.8. The molecule has 0 fully saturated rings. The number of hydrogen-bond acceptors (Lipinski definition) is 4. The molecule has 2 aliphatic heterocycles. The molecule has 7 aromatic carbocycles. The Morgan fingerprint density at radius 1 is 0.338 bits per heavy atom. The highest BCUT2D eigenvalue weighted by molar-refractivity contribution is 6.52. The maximum Gasteiger partial charge on any atom is 0.266 e. The summed E-state index contributed by atoms with van der Waals surface area (Å²) in [5.41, 5.74) is 4.85. The van der Waals surface area contributed by atoms with Gasteiger partial charge in [-0.25, -0.2) is 9.80 Å². The Morgan fingerprint density at radius 2 is 0.647 bits per heavy atom. The fourth-order valence-corrected chi connectivity index (χ4v) is 11.7. The average Bonchev–Trinajstić information content (AvgIpc) is 3.34. The van der Waals surface area contributed by atoms with Gasteiger partial charge < -0.3 is 0 Å². The first kappa shape index (κ1) is 47.8. The van der Waals surface area contributed by atoms with Crippen molar-refractivity contribution in [3.8, 4) is 0 Å². The molecule has 0 radical (unpaired) electrons. The van der Waals surface area contributed by atoms with Crippen molar-refractivity contribution in [1.29, 1.82) is 0 Å². The predicted octanol–water partition coefficient (Wildman–Crippen LogP) is 17.6. The molecule has 0 saturated heterocycles. The van der Waals surface area contributed by atoms with Crippen molar-refractivity contribution in [2.75, 3.05) is 9.80 Å². The second-order valence-corrected chi connectivity index (χ2v) is 20.3. The number of unbranched alkanes of at least 4 members (excludes halogenated alkanes) is 18. The average molecular weight is 948 g/mol. The minimum atomic E-state index is -0.444. The van der Waals surface area contributed by atoms with E-state index in [1.165, 1.54) is 137 Å². The lowest BCUT2D eigenvalue weighted by Crippen LogP contribution is -2.40. The highest BCUT2D eigenvalue weighted by atomic mass is 35.5. The molecule has 9 rings (SSSR count). The summed E-state index contributed by atoms with van der Waals surface area (Å²) in [5, 5.41) is 5.68. The van der Waals surface area contributed by atoms with Crippen molar-refractivity contribution in [3.05, 3.63) is 128 Å². The molecular formula is C60H64Cl2N2O4. The molecule has 352 valence electrons. The standard InChI is InChI=1S/C60H64Cl2N2O4/c1-3-5-7-9-11-13-15-17-19-21-23-39-25-29-41(30-26-39)63-57(65)45-35-33-43-54-50(62)38-48-52-46(36-34-44(56(52)54)53-49(61)37-47(59(63)67)51(45)55(43)53)58(66)64(60(48)68)42-31-27-40(28-32-42)24-22-20-18-16-14-12-10-8-6-4-2/h25-38H,3-24H2,1-2H3. The van der Waals surface area contributed by atoms with Gasteiger partial charge in [0.25, 0.3) is 23.6 Å². The van der Waals surface area contributed by atoms with Gasteiger partial charge >= 0.3 is 0 Å². The molecule has 0 aromatic heterocycles. The summed E-state index contributed by atoms with van der Waals surface area (Å²) in [6, 6.07) is 26.1. The normalized spacial score (nSPS) is 13.8. The second-order valence-electron chi connectivity index (χ2n) is 19.5. The van der Waals surface area contributed by atoms with E-state index in [-0.39, 0.29) is 0 Å². The van der Waals surface area contributed by atoms with Crippen molar-refractivity contribution < 1.29 is 19.2 Å². The number of aryl methyl sites for hydroxylation is 2. The summed E-state index contributed by atoms with van der Waals surface area (Å²) in [4.78, 5) is 60.4. The van der Waals surface area contributed by atoms with Gasteiger partial charge in [0, 0.05) is 53.5 Å². The molecule has 4 amide bonds. The third kappa shape index (κ3) is 9.28. The summed E-state index contributed by atoms with van der Waals surface area (Å²) in [5.74, 6) is -1.70. The van der Waals surface area contributed by atoms with E-state index < -0.39 is 23.6 Å². The van der Waals surface area contributed by atoms with E-state index in [0.717, 1.165) is 25.7 Å². The van der Waals surface area contributed by atoms with Gasteiger partial charge in [-0.3, -0.25) is 19.2 Å². The molecule has 0 N–H and O–H groups in total. The van der Waals surface area contributed by atoms with Gasteiger partial charge in [0.1, 0.15) is 0 Å². The zero-order valence-corrected chi connectivity index (χ0v) is 41.4. The van der Waals surface area contributed by atoms with Crippen LogP contribution >= 0.6 is 23.2 Å². The largest absolute Gasteiger partial charge is 0.268 e. The number of carbonyl (C=O) groups is 4. The van der Waals surface area contributed by atoms with Crippen LogP contribution in [-0.4, -0.2) is 23.6 Å². The van der Waals surface area contributed by atoms with E-state index in [1.807, 2.05) is 60.7 Å². The SMILES string of the molecule is CCCCCCCCCCCCc1ccc(N2C(=O)c3ccc4c5c(Cl)cc6c7c(ccc(c8c(Cl)cc(c3c48)C2=O)c75)C(=O)N(c2ccc(CCCCCCCCCCCC)cc2)C6=O)cc1. The van der Waals surface area contributed by atoms with Crippen LogP contribution in [0.5, 0.6) is 0 Å². The number of amides is 4. The molecule has 2 heterocycles. The molecule has 0 bridgehead atoms. The molecule has 8 heteroatoms. The number of halogens is 2. The van der Waals surface area contributed by atoms with Crippen LogP contribution in [-0.2, 0) is 12.8 Å². The molecule has 0 saturated carbocycles. The summed E-state index contributed by atoms with van der Waals surface area (Å²) >= 11 is 14.5. The van der Waals surface area contributed by atoms with E-state index in [2.05, 4.69) is 13.8 Å². The van der Waals surface area contributed by atoms with Crippen molar-refractivity contribution in [2.24, 2.45) is 0 Å². The number of carbonyl (C=O) groups excluding carboxylic acids is 4. The zero-order chi connectivity index (χ0) is 47.3. The Morgan fingerprint density at radius 3 is 0.985 bits per heavy atom. The predicted molar refractivity (Wildman–Crippen MR) is 284 cm³/mol. The van der Waals surface area contributed by atoms with Gasteiger partial charge in [0.15, 0.2) is 0 Å². The van der Waals surface area contributed by atoms with Crippen LogP contribution in [0.15, 0.2) is 84.9 Å². The minimum absolute atomic E-state index is 0.329. The summed E-state index contributed by atoms with van der Waals surface area (Å²) in [7, 11) is 0. The quantitative estimate of drug-likeness (QED) is 0.0262. The number of nitrogens with zero attached hydrogens (tertiary/aromatic N) is 2. The summed E-state index contributed by atoms with van der Waals surface area (Å²) in [6.07, 6.45) is 27.6. The Kier molecular flexibility index (Phi) is 15.1. The number of benzene rings is 7. The number of fused-ring (bicyclic) bond motifs is 2. The van der Waals surface area contributed by atoms with Crippen LogP contribution < -0.4 is 9.80 Å². The molecule has 2 aliphatic rings. The Balaban J connectivity index is 0.939. The molecule has 68 heavy (non-hydrogen) atoms. The zero-order valence-electron chi connectivity index (χ0n) is 39.9. The third-order valence-corrected chi connectivity index (χ3v) is 15.4. The lowest BCUT2D eigenvalue weighted by Gasteiger charge is -2.31. The molecule has 0 unspecified atom stereocenters. The lowest BCUT2D eigenvalue weighted by atomic mass is 9.82. The van der Waals surface area contributed by atoms with Gasteiger partial charge in [0.05, 0.1) is 22.5 Å². The maximum absolute atomic E-state index is 14.5. The number of rotatable bonds is 24. The maximum atomic E-state index is 14.5. The molecule has 6 nitrogen and oxygen atoms in total.